The van der Waals surface area contributed by atoms with Crippen LogP contribution >= 0.6 is 0 Å². The van der Waals surface area contributed by atoms with Crippen molar-refractivity contribution in [2.75, 3.05) is 20.8 Å². The number of nitrogens with two attached hydrogens (primary N) is 1. The lowest BCUT2D eigenvalue weighted by Gasteiger charge is -2.27. The second kappa shape index (κ2) is 9.99. The molecule has 1 saturated heterocycles. The van der Waals surface area contributed by atoms with E-state index in [4.69, 9.17) is 25.2 Å². The minimum absolute atomic E-state index is 0.00880. The molecular formula is C34H36N6O4. The Hall–Kier alpha value is -4.57. The molecule has 3 N–H and O–H groups in total. The molecule has 3 atom stereocenters. The number of carbonyl (C=O) groups excluding carboxylic acids is 1. The van der Waals surface area contributed by atoms with E-state index in [9.17, 15) is 9.90 Å². The Morgan fingerprint density at radius 1 is 1.00 bits per heavy atom. The number of rotatable bonds is 7. The van der Waals surface area contributed by atoms with Crippen molar-refractivity contribution in [3.8, 4) is 40.0 Å². The topological polar surface area (TPSA) is 121 Å². The number of ether oxygens (including phenoxy) is 2. The summed E-state index contributed by atoms with van der Waals surface area (Å²) in [4.78, 5) is 25.9. The van der Waals surface area contributed by atoms with E-state index in [-0.39, 0.29) is 23.7 Å². The number of phenols is 1. The molecule has 226 valence electrons. The maximum absolute atomic E-state index is 13.7. The Balaban J connectivity index is 1.24. The number of aryl methyl sites for hydroxylation is 1. The van der Waals surface area contributed by atoms with Crippen molar-refractivity contribution in [1.82, 2.24) is 24.0 Å². The average Bonchev–Trinajstić information content (AvgIpc) is 3.44. The highest BCUT2D eigenvalue weighted by molar-refractivity contribution is 6.00. The van der Waals surface area contributed by atoms with E-state index in [1.54, 1.807) is 26.4 Å². The predicted octanol–water partition coefficient (Wildman–Crippen LogP) is 4.95. The van der Waals surface area contributed by atoms with Gasteiger partial charge in [-0.25, -0.2) is 9.97 Å². The molecule has 3 fully saturated rings. The van der Waals surface area contributed by atoms with Crippen molar-refractivity contribution in [2.45, 2.75) is 44.3 Å². The fourth-order valence-electron chi connectivity index (χ4n) is 7.32. The summed E-state index contributed by atoms with van der Waals surface area (Å²) in [5.74, 6) is 2.88. The molecule has 3 aliphatic rings. The first-order chi connectivity index (χ1) is 21.3. The Bertz CT molecular complexity index is 1960. The molecule has 4 heterocycles. The van der Waals surface area contributed by atoms with E-state index >= 15 is 0 Å². The van der Waals surface area contributed by atoms with E-state index in [1.165, 1.54) is 12.8 Å². The van der Waals surface area contributed by atoms with E-state index in [1.807, 2.05) is 36.2 Å². The van der Waals surface area contributed by atoms with Crippen LogP contribution < -0.4 is 15.2 Å². The summed E-state index contributed by atoms with van der Waals surface area (Å²) >= 11 is 0. The molecule has 2 aliphatic carbocycles. The van der Waals surface area contributed by atoms with Gasteiger partial charge in [0.2, 0.25) is 0 Å². The van der Waals surface area contributed by atoms with Crippen LogP contribution in [-0.2, 0) is 13.6 Å². The van der Waals surface area contributed by atoms with Crippen LogP contribution in [0.15, 0.2) is 48.5 Å². The van der Waals surface area contributed by atoms with Crippen LogP contribution in [0.3, 0.4) is 0 Å². The number of fused-ring (bicyclic) bond motifs is 4. The number of imidazole rings is 1. The molecule has 10 heteroatoms. The summed E-state index contributed by atoms with van der Waals surface area (Å²) in [6.07, 6.45) is 4.44. The third kappa shape index (κ3) is 4.15. The smallest absolute Gasteiger partial charge is 0.254 e. The second-order valence-electron chi connectivity index (χ2n) is 12.6. The number of aromatic nitrogens is 4. The first-order valence-electron chi connectivity index (χ1n) is 15.3. The number of nitrogens with zero attached hydrogens (tertiary/aromatic N) is 5. The lowest BCUT2D eigenvalue weighted by Crippen LogP contribution is -2.41. The molecule has 3 aromatic heterocycles. The average molecular weight is 593 g/mol. The van der Waals surface area contributed by atoms with Gasteiger partial charge in [-0.15, -0.1) is 0 Å². The molecule has 1 amide bonds. The number of likely N-dealkylation sites (tertiary alicyclic amines) is 1. The van der Waals surface area contributed by atoms with Crippen molar-refractivity contribution >= 4 is 28.0 Å². The molecule has 10 nitrogen and oxygen atoms in total. The van der Waals surface area contributed by atoms with Crippen molar-refractivity contribution in [1.29, 1.82) is 0 Å². The number of hydrogen-bond donors (Lipinski definition) is 2. The molecule has 2 aromatic carbocycles. The zero-order chi connectivity index (χ0) is 30.3. The number of hydrogen-bond acceptors (Lipinski definition) is 7. The molecule has 44 heavy (non-hydrogen) atoms. The zero-order valence-corrected chi connectivity index (χ0v) is 25.2. The van der Waals surface area contributed by atoms with Gasteiger partial charge in [-0.05, 0) is 86.1 Å². The first kappa shape index (κ1) is 27.0. The monoisotopic (exact) mass is 592 g/mol. The van der Waals surface area contributed by atoms with E-state index in [2.05, 4.69) is 21.3 Å². The fraction of sp³-hybridized carbons (Fsp3) is 0.382. The van der Waals surface area contributed by atoms with Crippen molar-refractivity contribution < 1.29 is 19.4 Å². The van der Waals surface area contributed by atoms with E-state index in [0.717, 1.165) is 58.7 Å². The molecular weight excluding hydrogens is 556 g/mol. The summed E-state index contributed by atoms with van der Waals surface area (Å²) in [5, 5.41) is 11.1. The number of piperidine rings is 1. The molecule has 0 spiro atoms. The highest BCUT2D eigenvalue weighted by atomic mass is 16.5. The third-order valence-electron chi connectivity index (χ3n) is 9.90. The van der Waals surface area contributed by atoms with Crippen molar-refractivity contribution in [3.05, 3.63) is 54.1 Å². The fourth-order valence-corrected chi connectivity index (χ4v) is 7.32. The highest BCUT2D eigenvalue weighted by Crippen LogP contribution is 2.40. The highest BCUT2D eigenvalue weighted by Gasteiger charge is 2.47. The van der Waals surface area contributed by atoms with Crippen LogP contribution in [0.25, 0.3) is 44.8 Å². The van der Waals surface area contributed by atoms with E-state index in [0.29, 0.717) is 41.0 Å². The second-order valence-corrected chi connectivity index (χ2v) is 12.6. The number of pyridine rings is 1. The predicted molar refractivity (Wildman–Crippen MR) is 168 cm³/mol. The Morgan fingerprint density at radius 2 is 1.82 bits per heavy atom. The van der Waals surface area contributed by atoms with Gasteiger partial charge in [0.05, 0.1) is 31.1 Å². The van der Waals surface area contributed by atoms with Gasteiger partial charge >= 0.3 is 0 Å². The molecule has 8 rings (SSSR count). The van der Waals surface area contributed by atoms with Crippen LogP contribution in [0.2, 0.25) is 0 Å². The minimum atomic E-state index is -0.00880. The van der Waals surface area contributed by atoms with Crippen molar-refractivity contribution in [3.63, 3.8) is 0 Å². The molecule has 3 unspecified atom stereocenters. The van der Waals surface area contributed by atoms with E-state index < -0.39 is 0 Å². The summed E-state index contributed by atoms with van der Waals surface area (Å²) in [6.45, 7) is 1.56. The minimum Gasteiger partial charge on any atom is -0.504 e. The van der Waals surface area contributed by atoms with Gasteiger partial charge in [0.1, 0.15) is 16.9 Å². The van der Waals surface area contributed by atoms with Gasteiger partial charge in [0.15, 0.2) is 17.3 Å². The number of methoxy groups -OCH3 is 2. The SMILES string of the molecule is COc1cc(-c2ccc3cc(-c4nc5cc(C(=O)N6CC7CCC6C7N)cc(OC)c5n4C)n(CC4CC4)c3n2)ccc1O. The van der Waals surface area contributed by atoms with Crippen LogP contribution in [0.1, 0.15) is 36.0 Å². The van der Waals surface area contributed by atoms with Crippen LogP contribution in [0, 0.1) is 11.8 Å². The van der Waals surface area contributed by atoms with Gasteiger partial charge in [-0.2, -0.15) is 0 Å². The summed E-state index contributed by atoms with van der Waals surface area (Å²) in [6, 6.07) is 15.4. The summed E-state index contributed by atoms with van der Waals surface area (Å²) < 4.78 is 15.5. The molecule has 2 bridgehead atoms. The number of phenolic OH excluding ortho intramolecular Hbond substituents is 1. The van der Waals surface area contributed by atoms with Crippen LogP contribution in [-0.4, -0.2) is 67.9 Å². The molecule has 5 aromatic rings. The summed E-state index contributed by atoms with van der Waals surface area (Å²) in [5.41, 5.74) is 12.0. The third-order valence-corrected chi connectivity index (χ3v) is 9.90. The quantitative estimate of drug-likeness (QED) is 0.274. The van der Waals surface area contributed by atoms with Gasteiger partial charge in [0.25, 0.3) is 5.91 Å². The van der Waals surface area contributed by atoms with Gasteiger partial charge in [-0.1, -0.05) is 0 Å². The Labute approximate surface area is 255 Å². The Morgan fingerprint density at radius 3 is 2.52 bits per heavy atom. The number of benzene rings is 2. The van der Waals surface area contributed by atoms with Gasteiger partial charge in [-0.3, -0.25) is 4.79 Å². The number of carbonyl (C=O) groups is 1. The standard InChI is InChI=1S/C34H36N6O4/c1-38-31-24(12-22(15-29(31)44-3)34(42)40-17-21-7-10-25(40)30(21)35)37-33(38)26-13-20-6-9-23(19-8-11-27(41)28(14-19)43-2)36-32(20)39(26)16-18-4-5-18/h6,8-9,11-15,18,21,25,30,41H,4-5,7,10,16-17,35H2,1-3H3. The number of amides is 1. The largest absolute Gasteiger partial charge is 0.504 e. The lowest BCUT2D eigenvalue weighted by atomic mass is 10.1. The molecule has 1 aliphatic heterocycles. The maximum atomic E-state index is 13.7. The maximum Gasteiger partial charge on any atom is 0.254 e. The molecule has 2 saturated carbocycles. The normalized spacial score (nSPS) is 21.1. The van der Waals surface area contributed by atoms with Crippen molar-refractivity contribution in [2.24, 2.45) is 24.6 Å². The summed E-state index contributed by atoms with van der Waals surface area (Å²) in [7, 11) is 5.17. The van der Waals surface area contributed by atoms with Gasteiger partial charge < -0.3 is 34.3 Å². The zero-order valence-electron chi connectivity index (χ0n) is 25.2. The first-order valence-corrected chi connectivity index (χ1v) is 15.3. The van der Waals surface area contributed by atoms with Crippen LogP contribution in [0.5, 0.6) is 17.2 Å². The Kier molecular flexibility index (Phi) is 6.13. The number of aromatic hydroxyl groups is 1. The van der Waals surface area contributed by atoms with Crippen LogP contribution in [0.4, 0.5) is 0 Å². The molecule has 0 radical (unpaired) electrons. The van der Waals surface area contributed by atoms with Gasteiger partial charge in [0, 0.05) is 48.7 Å². The lowest BCUT2D eigenvalue weighted by molar-refractivity contribution is 0.0700.